The molecule has 0 spiro atoms. The number of aliphatic carboxylic acids is 1. The highest BCUT2D eigenvalue weighted by Crippen LogP contribution is 2.13. The molecule has 0 radical (unpaired) electrons. The van der Waals surface area contributed by atoms with E-state index >= 15 is 0 Å². The van der Waals surface area contributed by atoms with Gasteiger partial charge in [0.25, 0.3) is 0 Å². The van der Waals surface area contributed by atoms with E-state index in [0.717, 1.165) is 0 Å². The fourth-order valence-electron chi connectivity index (χ4n) is 0.734. The SMILES string of the molecule is [2H]C([2H])(C(=O)O)c1cc(F)c(F)cc1F. The van der Waals surface area contributed by atoms with Crippen LogP contribution in [-0.4, -0.2) is 11.1 Å². The summed E-state index contributed by atoms with van der Waals surface area (Å²) < 4.78 is 52.0. The molecular formula is C8H5F3O2. The average molecular weight is 192 g/mol. The van der Waals surface area contributed by atoms with E-state index < -0.39 is 35.4 Å². The van der Waals surface area contributed by atoms with Gasteiger partial charge in [0.05, 0.1) is 6.37 Å². The molecule has 0 atom stereocenters. The van der Waals surface area contributed by atoms with Crippen LogP contribution in [0.5, 0.6) is 0 Å². The monoisotopic (exact) mass is 192 g/mol. The van der Waals surface area contributed by atoms with E-state index in [2.05, 4.69) is 0 Å². The fourth-order valence-corrected chi connectivity index (χ4v) is 0.734. The Bertz CT molecular complexity index is 421. The van der Waals surface area contributed by atoms with Crippen LogP contribution in [0.3, 0.4) is 0 Å². The Balaban J connectivity index is 3.38. The normalized spacial score (nSPS) is 13.5. The maximum Gasteiger partial charge on any atom is 0.307 e. The largest absolute Gasteiger partial charge is 0.481 e. The zero-order valence-electron chi connectivity index (χ0n) is 8.14. The van der Waals surface area contributed by atoms with Crippen LogP contribution in [0.4, 0.5) is 13.2 Å². The number of rotatable bonds is 2. The van der Waals surface area contributed by atoms with Gasteiger partial charge in [-0.25, -0.2) is 13.2 Å². The van der Waals surface area contributed by atoms with E-state index in [1.807, 2.05) is 0 Å². The van der Waals surface area contributed by atoms with Crippen molar-refractivity contribution in [3.63, 3.8) is 0 Å². The summed E-state index contributed by atoms with van der Waals surface area (Å²) in [6.45, 7) is 0. The molecule has 0 heterocycles. The molecule has 1 aromatic carbocycles. The van der Waals surface area contributed by atoms with Crippen molar-refractivity contribution in [3.8, 4) is 0 Å². The Morgan fingerprint density at radius 2 is 1.85 bits per heavy atom. The summed E-state index contributed by atoms with van der Waals surface area (Å²) in [6.07, 6.45) is -3.10. The van der Waals surface area contributed by atoms with Gasteiger partial charge in [0.2, 0.25) is 0 Å². The molecule has 0 amide bonds. The van der Waals surface area contributed by atoms with Crippen molar-refractivity contribution in [2.45, 2.75) is 6.37 Å². The van der Waals surface area contributed by atoms with E-state index in [4.69, 9.17) is 7.85 Å². The summed E-state index contributed by atoms with van der Waals surface area (Å²) in [5, 5.41) is 8.42. The molecule has 0 bridgehead atoms. The van der Waals surface area contributed by atoms with Crippen molar-refractivity contribution in [1.29, 1.82) is 0 Å². The number of carboxylic acids is 1. The Hall–Kier alpha value is -1.52. The van der Waals surface area contributed by atoms with Gasteiger partial charge in [0.1, 0.15) is 5.82 Å². The highest BCUT2D eigenvalue weighted by molar-refractivity contribution is 5.70. The van der Waals surface area contributed by atoms with Gasteiger partial charge in [-0.15, -0.1) is 0 Å². The van der Waals surface area contributed by atoms with E-state index in [1.54, 1.807) is 0 Å². The molecule has 0 aromatic heterocycles. The van der Waals surface area contributed by atoms with Crippen molar-refractivity contribution in [3.05, 3.63) is 35.1 Å². The summed E-state index contributed by atoms with van der Waals surface area (Å²) in [6, 6.07) is 0.296. The second-order valence-electron chi connectivity index (χ2n) is 2.18. The summed E-state index contributed by atoms with van der Waals surface area (Å²) in [5.41, 5.74) is -1.05. The standard InChI is InChI=1S/C8H5F3O2/c9-5-3-7(11)6(10)1-4(5)2-8(12)13/h1,3H,2H2,(H,12,13)/i2D2. The number of carbonyl (C=O) groups is 1. The quantitative estimate of drug-likeness (QED) is 0.724. The molecule has 2 nitrogen and oxygen atoms in total. The Labute approximate surface area is 74.4 Å². The molecule has 0 unspecified atom stereocenters. The molecule has 0 saturated carbocycles. The first kappa shape index (κ1) is 6.94. The zero-order chi connectivity index (χ0) is 11.8. The zero-order valence-corrected chi connectivity index (χ0v) is 6.14. The number of hydrogen-bond acceptors (Lipinski definition) is 1. The molecule has 0 aliphatic rings. The summed E-state index contributed by atoms with van der Waals surface area (Å²) in [4.78, 5) is 10.4. The van der Waals surface area contributed by atoms with Gasteiger partial charge < -0.3 is 5.11 Å². The lowest BCUT2D eigenvalue weighted by Gasteiger charge is -2.00. The lowest BCUT2D eigenvalue weighted by molar-refractivity contribution is -0.136. The maximum absolute atomic E-state index is 13.0. The topological polar surface area (TPSA) is 37.3 Å². The summed E-state index contributed by atoms with van der Waals surface area (Å²) >= 11 is 0. The first-order valence-electron chi connectivity index (χ1n) is 4.15. The Kier molecular flexibility index (Phi) is 1.85. The smallest absolute Gasteiger partial charge is 0.307 e. The van der Waals surface area contributed by atoms with Crippen LogP contribution in [-0.2, 0) is 11.2 Å². The fraction of sp³-hybridized carbons (Fsp3) is 0.125. The number of halogens is 3. The van der Waals surface area contributed by atoms with Gasteiger partial charge in [-0.05, 0) is 6.07 Å². The van der Waals surface area contributed by atoms with Crippen molar-refractivity contribution >= 4 is 5.97 Å². The summed E-state index contributed by atoms with van der Waals surface area (Å²) in [5.74, 6) is -6.43. The maximum atomic E-state index is 13.0. The van der Waals surface area contributed by atoms with Gasteiger partial charge >= 0.3 is 5.97 Å². The van der Waals surface area contributed by atoms with Crippen LogP contribution >= 0.6 is 0 Å². The van der Waals surface area contributed by atoms with Crippen LogP contribution in [0, 0.1) is 17.5 Å². The van der Waals surface area contributed by atoms with Crippen LogP contribution in [0.15, 0.2) is 12.1 Å². The van der Waals surface area contributed by atoms with Gasteiger partial charge in [-0.2, -0.15) is 0 Å². The second-order valence-corrected chi connectivity index (χ2v) is 2.18. The van der Waals surface area contributed by atoms with E-state index in [0.29, 0.717) is 0 Å². The Morgan fingerprint density at radius 3 is 2.38 bits per heavy atom. The molecule has 13 heavy (non-hydrogen) atoms. The highest BCUT2D eigenvalue weighted by atomic mass is 19.2. The lowest BCUT2D eigenvalue weighted by Crippen LogP contribution is -2.04. The van der Waals surface area contributed by atoms with Crippen molar-refractivity contribution in [1.82, 2.24) is 0 Å². The van der Waals surface area contributed by atoms with Crippen molar-refractivity contribution < 1.29 is 25.8 Å². The number of carboxylic acid groups (broad SMARTS) is 1. The summed E-state index contributed by atoms with van der Waals surface area (Å²) in [7, 11) is 0. The third-order valence-corrected chi connectivity index (χ3v) is 1.25. The third-order valence-electron chi connectivity index (χ3n) is 1.25. The first-order valence-corrected chi connectivity index (χ1v) is 3.15. The third kappa shape index (κ3) is 2.21. The van der Waals surface area contributed by atoms with Gasteiger partial charge in [0.15, 0.2) is 11.6 Å². The van der Waals surface area contributed by atoms with Gasteiger partial charge in [-0.3, -0.25) is 4.79 Å². The van der Waals surface area contributed by atoms with Crippen LogP contribution in [0.1, 0.15) is 8.30 Å². The van der Waals surface area contributed by atoms with Gasteiger partial charge in [0, 0.05) is 14.4 Å². The molecule has 0 fully saturated rings. The number of hydrogen-bond donors (Lipinski definition) is 1. The molecule has 5 heteroatoms. The van der Waals surface area contributed by atoms with Crippen LogP contribution in [0.25, 0.3) is 0 Å². The van der Waals surface area contributed by atoms with E-state index in [-0.39, 0.29) is 12.1 Å². The molecule has 0 aliphatic carbocycles. The minimum absolute atomic E-state index is 0.103. The van der Waals surface area contributed by atoms with Crippen LogP contribution in [0.2, 0.25) is 0 Å². The Morgan fingerprint density at radius 1 is 1.31 bits per heavy atom. The van der Waals surface area contributed by atoms with E-state index in [1.165, 1.54) is 0 Å². The molecule has 0 saturated heterocycles. The molecule has 1 aromatic rings. The minimum Gasteiger partial charge on any atom is -0.481 e. The first-order chi connectivity index (χ1) is 6.76. The van der Waals surface area contributed by atoms with Crippen molar-refractivity contribution in [2.75, 3.05) is 0 Å². The lowest BCUT2D eigenvalue weighted by atomic mass is 10.1. The molecule has 70 valence electrons. The average Bonchev–Trinajstić information content (AvgIpc) is 2.10. The van der Waals surface area contributed by atoms with Crippen LogP contribution < -0.4 is 0 Å². The molecule has 1 rings (SSSR count). The predicted molar refractivity (Wildman–Crippen MR) is 37.7 cm³/mol. The molecule has 1 N–H and O–H groups in total. The number of benzene rings is 1. The molecular weight excluding hydrogens is 185 g/mol. The predicted octanol–water partition coefficient (Wildman–Crippen LogP) is 1.73. The van der Waals surface area contributed by atoms with Crippen molar-refractivity contribution in [2.24, 2.45) is 0 Å². The molecule has 0 aliphatic heterocycles. The highest BCUT2D eigenvalue weighted by Gasteiger charge is 2.11. The second kappa shape index (κ2) is 3.47. The van der Waals surface area contributed by atoms with E-state index in [9.17, 15) is 18.0 Å². The minimum atomic E-state index is -3.10. The van der Waals surface area contributed by atoms with Gasteiger partial charge in [-0.1, -0.05) is 0 Å².